The van der Waals surface area contributed by atoms with Gasteiger partial charge in [-0.1, -0.05) is 97.1 Å². The average Bonchev–Trinajstić information content (AvgIpc) is 3.39. The van der Waals surface area contributed by atoms with Crippen LogP contribution in [-0.4, -0.2) is 15.0 Å². The van der Waals surface area contributed by atoms with Gasteiger partial charge in [-0.05, 0) is 17.7 Å². The number of hydrogen-bond acceptors (Lipinski definition) is 4. The van der Waals surface area contributed by atoms with E-state index in [1.54, 1.807) is 0 Å². The van der Waals surface area contributed by atoms with E-state index in [0.717, 1.165) is 50.3 Å². The molecule has 0 spiro atoms. The Balaban J connectivity index is 1.45. The lowest BCUT2D eigenvalue weighted by Crippen LogP contribution is -1.95. The molecule has 156 valence electrons. The molecule has 4 aromatic carbocycles. The molecule has 0 bridgehead atoms. The van der Waals surface area contributed by atoms with Crippen molar-refractivity contribution in [1.82, 2.24) is 15.0 Å². The molecular formula is C29H19N3O. The first kappa shape index (κ1) is 19.1. The van der Waals surface area contributed by atoms with E-state index in [4.69, 9.17) is 14.4 Å². The molecule has 33 heavy (non-hydrogen) atoms. The Bertz CT molecular complexity index is 1480. The Morgan fingerprint density at radius 3 is 1.82 bits per heavy atom. The summed E-state index contributed by atoms with van der Waals surface area (Å²) >= 11 is 0. The van der Waals surface area contributed by atoms with Crippen LogP contribution in [0.1, 0.15) is 0 Å². The van der Waals surface area contributed by atoms with Crippen LogP contribution < -0.4 is 0 Å². The van der Waals surface area contributed by atoms with E-state index in [1.807, 2.05) is 72.8 Å². The topological polar surface area (TPSA) is 51.8 Å². The van der Waals surface area contributed by atoms with Gasteiger partial charge in [-0.25, -0.2) is 15.0 Å². The summed E-state index contributed by atoms with van der Waals surface area (Å²) in [4.78, 5) is 14.0. The van der Waals surface area contributed by atoms with Gasteiger partial charge in [0.2, 0.25) is 0 Å². The lowest BCUT2D eigenvalue weighted by molar-refractivity contribution is 0.603. The number of oxazole rings is 1. The Hall–Kier alpha value is -4.57. The number of hydrogen-bond donors (Lipinski definition) is 0. The number of para-hydroxylation sites is 1. The number of fused-ring (bicyclic) bond motifs is 1. The molecule has 0 unspecified atom stereocenters. The van der Waals surface area contributed by atoms with E-state index in [0.29, 0.717) is 5.82 Å². The molecular weight excluding hydrogens is 406 g/mol. The first-order chi connectivity index (χ1) is 16.3. The van der Waals surface area contributed by atoms with Gasteiger partial charge in [0, 0.05) is 22.3 Å². The lowest BCUT2D eigenvalue weighted by atomic mass is 10.0. The summed E-state index contributed by atoms with van der Waals surface area (Å²) in [6.45, 7) is 0. The van der Waals surface area contributed by atoms with Crippen LogP contribution in [0, 0.1) is 0 Å². The zero-order chi connectivity index (χ0) is 22.0. The average molecular weight is 425 g/mol. The molecule has 0 atom stereocenters. The second-order valence-corrected chi connectivity index (χ2v) is 7.78. The second kappa shape index (κ2) is 8.17. The molecule has 6 rings (SSSR count). The van der Waals surface area contributed by atoms with Gasteiger partial charge in [0.1, 0.15) is 5.52 Å². The minimum absolute atomic E-state index is 0.711. The van der Waals surface area contributed by atoms with Gasteiger partial charge >= 0.3 is 0 Å². The fraction of sp³-hybridized carbons (Fsp3) is 0. The van der Waals surface area contributed by atoms with Gasteiger partial charge in [-0.3, -0.25) is 0 Å². The van der Waals surface area contributed by atoms with Crippen LogP contribution in [0.2, 0.25) is 0 Å². The molecule has 4 nitrogen and oxygen atoms in total. The van der Waals surface area contributed by atoms with Crippen LogP contribution in [0.3, 0.4) is 0 Å². The maximum Gasteiger partial charge on any atom is 0.182 e. The monoisotopic (exact) mass is 425 g/mol. The van der Waals surface area contributed by atoms with E-state index < -0.39 is 0 Å². The van der Waals surface area contributed by atoms with E-state index in [2.05, 4.69) is 41.4 Å². The van der Waals surface area contributed by atoms with Crippen molar-refractivity contribution in [3.05, 3.63) is 116 Å². The molecule has 2 aromatic heterocycles. The van der Waals surface area contributed by atoms with Gasteiger partial charge in [0.25, 0.3) is 0 Å². The second-order valence-electron chi connectivity index (χ2n) is 7.78. The molecule has 0 amide bonds. The molecule has 0 saturated carbocycles. The van der Waals surface area contributed by atoms with Crippen molar-refractivity contribution < 1.29 is 4.42 Å². The highest BCUT2D eigenvalue weighted by molar-refractivity contribution is 5.90. The van der Waals surface area contributed by atoms with Gasteiger partial charge in [0.15, 0.2) is 17.8 Å². The van der Waals surface area contributed by atoms with Crippen LogP contribution in [-0.2, 0) is 0 Å². The Kier molecular flexibility index (Phi) is 4.74. The fourth-order valence-corrected chi connectivity index (χ4v) is 4.00. The normalized spacial score (nSPS) is 11.0. The standard InChI is InChI=1S/C29H19N3O/c1-3-8-21(9-4-1)26-18-27(32-29(31-26)23-10-5-2-6-11-23)22-16-14-20(15-17-22)24-12-7-13-25-28(24)33-19-30-25/h1-19H. The number of rotatable bonds is 4. The van der Waals surface area contributed by atoms with E-state index >= 15 is 0 Å². The first-order valence-corrected chi connectivity index (χ1v) is 10.8. The van der Waals surface area contributed by atoms with Crippen LogP contribution >= 0.6 is 0 Å². The minimum Gasteiger partial charge on any atom is -0.443 e. The molecule has 0 saturated heterocycles. The van der Waals surface area contributed by atoms with Crippen LogP contribution in [0.15, 0.2) is 120 Å². The zero-order valence-electron chi connectivity index (χ0n) is 17.7. The van der Waals surface area contributed by atoms with Gasteiger partial charge < -0.3 is 4.42 Å². The quantitative estimate of drug-likeness (QED) is 0.298. The smallest absolute Gasteiger partial charge is 0.182 e. The number of benzene rings is 4. The fourth-order valence-electron chi connectivity index (χ4n) is 4.00. The summed E-state index contributed by atoms with van der Waals surface area (Å²) in [7, 11) is 0. The third-order valence-electron chi connectivity index (χ3n) is 5.68. The molecule has 4 heteroatoms. The van der Waals surface area contributed by atoms with Gasteiger partial charge in [0.05, 0.1) is 11.4 Å². The summed E-state index contributed by atoms with van der Waals surface area (Å²) in [5.41, 5.74) is 8.60. The zero-order valence-corrected chi connectivity index (χ0v) is 17.7. The molecule has 0 aliphatic carbocycles. The number of nitrogens with zero attached hydrogens (tertiary/aromatic N) is 3. The molecule has 0 N–H and O–H groups in total. The largest absolute Gasteiger partial charge is 0.443 e. The summed E-state index contributed by atoms with van der Waals surface area (Å²) in [6.07, 6.45) is 1.49. The van der Waals surface area contributed by atoms with Crippen LogP contribution in [0.25, 0.3) is 56.1 Å². The van der Waals surface area contributed by atoms with E-state index in [1.165, 1.54) is 6.39 Å². The van der Waals surface area contributed by atoms with Crippen molar-refractivity contribution >= 4 is 11.1 Å². The Morgan fingerprint density at radius 2 is 1.12 bits per heavy atom. The van der Waals surface area contributed by atoms with Crippen molar-refractivity contribution in [3.63, 3.8) is 0 Å². The van der Waals surface area contributed by atoms with Crippen LogP contribution in [0.4, 0.5) is 0 Å². The maximum atomic E-state index is 5.62. The Morgan fingerprint density at radius 1 is 0.515 bits per heavy atom. The Labute approximate surface area is 191 Å². The highest BCUT2D eigenvalue weighted by Gasteiger charge is 2.12. The third kappa shape index (κ3) is 3.68. The predicted octanol–water partition coefficient (Wildman–Crippen LogP) is 7.29. The summed E-state index contributed by atoms with van der Waals surface area (Å²) in [5.74, 6) is 0.711. The van der Waals surface area contributed by atoms with Crippen molar-refractivity contribution in [1.29, 1.82) is 0 Å². The molecule has 0 radical (unpaired) electrons. The van der Waals surface area contributed by atoms with Crippen LogP contribution in [0.5, 0.6) is 0 Å². The third-order valence-corrected chi connectivity index (χ3v) is 5.68. The molecule has 6 aromatic rings. The number of aromatic nitrogens is 3. The summed E-state index contributed by atoms with van der Waals surface area (Å²) in [5, 5.41) is 0. The maximum absolute atomic E-state index is 5.62. The van der Waals surface area contributed by atoms with Crippen molar-refractivity contribution in [2.45, 2.75) is 0 Å². The van der Waals surface area contributed by atoms with E-state index in [9.17, 15) is 0 Å². The first-order valence-electron chi connectivity index (χ1n) is 10.8. The molecule has 0 fully saturated rings. The highest BCUT2D eigenvalue weighted by atomic mass is 16.3. The highest BCUT2D eigenvalue weighted by Crippen LogP contribution is 2.31. The van der Waals surface area contributed by atoms with Gasteiger partial charge in [-0.2, -0.15) is 0 Å². The van der Waals surface area contributed by atoms with Gasteiger partial charge in [-0.15, -0.1) is 0 Å². The van der Waals surface area contributed by atoms with Crippen molar-refractivity contribution in [2.24, 2.45) is 0 Å². The lowest BCUT2D eigenvalue weighted by Gasteiger charge is -2.10. The van der Waals surface area contributed by atoms with E-state index in [-0.39, 0.29) is 0 Å². The molecule has 0 aliphatic heterocycles. The predicted molar refractivity (Wildman–Crippen MR) is 131 cm³/mol. The van der Waals surface area contributed by atoms with Crippen molar-refractivity contribution in [2.75, 3.05) is 0 Å². The molecule has 0 aliphatic rings. The minimum atomic E-state index is 0.711. The molecule has 2 heterocycles. The summed E-state index contributed by atoms with van der Waals surface area (Å²) < 4.78 is 5.62. The summed E-state index contributed by atoms with van der Waals surface area (Å²) in [6, 6.07) is 36.7. The SMILES string of the molecule is c1ccc(-c2cc(-c3ccc(-c4cccc5ncoc45)cc3)nc(-c3ccccc3)n2)cc1. The van der Waals surface area contributed by atoms with Crippen molar-refractivity contribution in [3.8, 4) is 45.0 Å².